The highest BCUT2D eigenvalue weighted by Gasteiger charge is 2.21. The second-order valence-corrected chi connectivity index (χ2v) is 7.23. The third kappa shape index (κ3) is 3.51. The van der Waals surface area contributed by atoms with Gasteiger partial charge in [0.1, 0.15) is 11.9 Å². The summed E-state index contributed by atoms with van der Waals surface area (Å²) in [6, 6.07) is 16.7. The number of hydrogen-bond acceptors (Lipinski definition) is 4. The van der Waals surface area contributed by atoms with Gasteiger partial charge in [-0.05, 0) is 36.8 Å². The number of allylic oxidation sites excluding steroid dienone is 1. The van der Waals surface area contributed by atoms with Crippen molar-refractivity contribution in [1.29, 1.82) is 5.26 Å². The number of hydrogen-bond donors (Lipinski definition) is 0. The molecular weight excluding hydrogens is 346 g/mol. The minimum Gasteiger partial charge on any atom is -0.368 e. The van der Waals surface area contributed by atoms with Crippen molar-refractivity contribution in [2.75, 3.05) is 31.1 Å². The normalized spacial score (nSPS) is 15.4. The van der Waals surface area contributed by atoms with Gasteiger partial charge in [0.2, 0.25) is 0 Å². The SMILES string of the molecule is CC=Cc1ccc(C#N)c(N2CCN(Cc3nc4ccccc4n3C)CC2)c1. The third-order valence-electron chi connectivity index (χ3n) is 5.46. The van der Waals surface area contributed by atoms with Gasteiger partial charge in [-0.3, -0.25) is 4.90 Å². The van der Waals surface area contributed by atoms with Crippen molar-refractivity contribution in [3.8, 4) is 6.07 Å². The van der Waals surface area contributed by atoms with Crippen LogP contribution in [-0.4, -0.2) is 40.6 Å². The Labute approximate surface area is 166 Å². The van der Waals surface area contributed by atoms with Crippen molar-refractivity contribution in [3.63, 3.8) is 0 Å². The first-order valence-electron chi connectivity index (χ1n) is 9.74. The molecular formula is C23H25N5. The van der Waals surface area contributed by atoms with Crippen LogP contribution >= 0.6 is 0 Å². The molecule has 28 heavy (non-hydrogen) atoms. The molecule has 5 heteroatoms. The van der Waals surface area contributed by atoms with Gasteiger partial charge in [-0.1, -0.05) is 30.4 Å². The van der Waals surface area contributed by atoms with Crippen molar-refractivity contribution in [2.45, 2.75) is 13.5 Å². The molecule has 0 saturated carbocycles. The molecule has 1 fully saturated rings. The van der Waals surface area contributed by atoms with E-state index in [1.807, 2.05) is 31.2 Å². The molecule has 1 aliphatic rings. The summed E-state index contributed by atoms with van der Waals surface area (Å²) in [4.78, 5) is 9.57. The maximum atomic E-state index is 9.50. The van der Waals surface area contributed by atoms with Crippen LogP contribution in [0.4, 0.5) is 5.69 Å². The second kappa shape index (κ2) is 7.87. The monoisotopic (exact) mass is 371 g/mol. The average Bonchev–Trinajstić information content (AvgIpc) is 3.04. The van der Waals surface area contributed by atoms with Crippen molar-refractivity contribution in [2.24, 2.45) is 7.05 Å². The Hall–Kier alpha value is -3.10. The summed E-state index contributed by atoms with van der Waals surface area (Å²) < 4.78 is 2.19. The van der Waals surface area contributed by atoms with Gasteiger partial charge in [-0.15, -0.1) is 0 Å². The van der Waals surface area contributed by atoms with Gasteiger partial charge >= 0.3 is 0 Å². The van der Waals surface area contributed by atoms with Crippen LogP contribution in [0.3, 0.4) is 0 Å². The van der Waals surface area contributed by atoms with Crippen molar-refractivity contribution < 1.29 is 0 Å². The molecule has 2 aromatic carbocycles. The molecule has 0 aliphatic carbocycles. The molecule has 0 radical (unpaired) electrons. The molecule has 2 heterocycles. The van der Waals surface area contributed by atoms with E-state index in [0.29, 0.717) is 0 Å². The lowest BCUT2D eigenvalue weighted by atomic mass is 10.1. The third-order valence-corrected chi connectivity index (χ3v) is 5.46. The number of nitriles is 1. The van der Waals surface area contributed by atoms with E-state index < -0.39 is 0 Å². The maximum absolute atomic E-state index is 9.50. The molecule has 1 aromatic heterocycles. The lowest BCUT2D eigenvalue weighted by Crippen LogP contribution is -2.46. The molecule has 0 atom stereocenters. The predicted molar refractivity (Wildman–Crippen MR) is 114 cm³/mol. The summed E-state index contributed by atoms with van der Waals surface area (Å²) in [5.74, 6) is 1.10. The number of para-hydroxylation sites is 2. The zero-order valence-corrected chi connectivity index (χ0v) is 16.5. The summed E-state index contributed by atoms with van der Waals surface area (Å²) in [7, 11) is 2.09. The van der Waals surface area contributed by atoms with E-state index in [2.05, 4.69) is 57.8 Å². The highest BCUT2D eigenvalue weighted by molar-refractivity contribution is 5.75. The molecule has 4 rings (SSSR count). The number of benzene rings is 2. The fourth-order valence-corrected chi connectivity index (χ4v) is 3.88. The topological polar surface area (TPSA) is 48.1 Å². The second-order valence-electron chi connectivity index (χ2n) is 7.23. The lowest BCUT2D eigenvalue weighted by Gasteiger charge is -2.36. The number of fused-ring (bicyclic) bond motifs is 1. The Balaban J connectivity index is 1.47. The van der Waals surface area contributed by atoms with Gasteiger partial charge in [0.15, 0.2) is 0 Å². The predicted octanol–water partition coefficient (Wildman–Crippen LogP) is 3.80. The molecule has 0 bridgehead atoms. The van der Waals surface area contributed by atoms with Gasteiger partial charge in [0, 0.05) is 33.2 Å². The smallest absolute Gasteiger partial charge is 0.123 e. The first kappa shape index (κ1) is 18.3. The Morgan fingerprint density at radius 1 is 1.11 bits per heavy atom. The van der Waals surface area contributed by atoms with Gasteiger partial charge in [0.25, 0.3) is 0 Å². The van der Waals surface area contributed by atoms with Crippen molar-refractivity contribution in [3.05, 3.63) is 65.5 Å². The number of imidazole rings is 1. The first-order valence-corrected chi connectivity index (χ1v) is 9.74. The Morgan fingerprint density at radius 2 is 1.89 bits per heavy atom. The largest absolute Gasteiger partial charge is 0.368 e. The van der Waals surface area contributed by atoms with Crippen LogP contribution in [0.15, 0.2) is 48.5 Å². The highest BCUT2D eigenvalue weighted by Crippen LogP contribution is 2.24. The number of aromatic nitrogens is 2. The maximum Gasteiger partial charge on any atom is 0.123 e. The minimum absolute atomic E-state index is 0.747. The summed E-state index contributed by atoms with van der Waals surface area (Å²) in [6.45, 7) is 6.61. The number of piperazine rings is 1. The summed E-state index contributed by atoms with van der Waals surface area (Å²) >= 11 is 0. The average molecular weight is 371 g/mol. The number of nitrogens with zero attached hydrogens (tertiary/aromatic N) is 5. The van der Waals surface area contributed by atoms with Crippen LogP contribution in [0.25, 0.3) is 17.1 Å². The fraction of sp³-hybridized carbons (Fsp3) is 0.304. The van der Waals surface area contributed by atoms with Crippen LogP contribution in [0.1, 0.15) is 23.9 Å². The summed E-state index contributed by atoms with van der Waals surface area (Å²) in [5.41, 5.74) is 5.16. The van der Waals surface area contributed by atoms with Gasteiger partial charge in [0.05, 0.1) is 28.8 Å². The molecule has 1 aliphatic heterocycles. The van der Waals surface area contributed by atoms with Gasteiger partial charge in [-0.2, -0.15) is 5.26 Å². The standard InChI is InChI=1S/C23H25N5/c1-3-6-18-9-10-19(16-24)22(15-18)28-13-11-27(12-14-28)17-23-25-20-7-4-5-8-21(20)26(23)2/h3-10,15H,11-14,17H2,1-2H3. The molecule has 0 amide bonds. The van der Waals surface area contributed by atoms with Crippen LogP contribution in [0.5, 0.6) is 0 Å². The Bertz CT molecular complexity index is 1050. The zero-order valence-electron chi connectivity index (χ0n) is 16.5. The van der Waals surface area contributed by atoms with E-state index >= 15 is 0 Å². The first-order chi connectivity index (χ1) is 13.7. The van der Waals surface area contributed by atoms with Crippen LogP contribution in [0.2, 0.25) is 0 Å². The van der Waals surface area contributed by atoms with Crippen LogP contribution in [-0.2, 0) is 13.6 Å². The molecule has 5 nitrogen and oxygen atoms in total. The van der Waals surface area contributed by atoms with E-state index in [9.17, 15) is 5.26 Å². The highest BCUT2D eigenvalue weighted by atomic mass is 15.3. The van der Waals surface area contributed by atoms with E-state index in [-0.39, 0.29) is 0 Å². The summed E-state index contributed by atoms with van der Waals surface area (Å²) in [5, 5.41) is 9.50. The Kier molecular flexibility index (Phi) is 5.14. The lowest BCUT2D eigenvalue weighted by molar-refractivity contribution is 0.242. The number of anilines is 1. The Morgan fingerprint density at radius 3 is 2.61 bits per heavy atom. The van der Waals surface area contributed by atoms with Crippen molar-refractivity contribution >= 4 is 22.8 Å². The van der Waals surface area contributed by atoms with Crippen LogP contribution < -0.4 is 4.90 Å². The molecule has 1 saturated heterocycles. The molecule has 0 N–H and O–H groups in total. The minimum atomic E-state index is 0.747. The van der Waals surface area contributed by atoms with E-state index in [4.69, 9.17) is 4.98 Å². The number of rotatable bonds is 4. The zero-order chi connectivity index (χ0) is 19.5. The van der Waals surface area contributed by atoms with Gasteiger partial charge < -0.3 is 9.47 Å². The summed E-state index contributed by atoms with van der Waals surface area (Å²) in [6.07, 6.45) is 4.10. The quantitative estimate of drug-likeness (QED) is 0.700. The van der Waals surface area contributed by atoms with Crippen molar-refractivity contribution in [1.82, 2.24) is 14.5 Å². The van der Waals surface area contributed by atoms with Crippen LogP contribution in [0, 0.1) is 11.3 Å². The molecule has 0 unspecified atom stereocenters. The van der Waals surface area contributed by atoms with Gasteiger partial charge in [-0.25, -0.2) is 4.98 Å². The molecule has 142 valence electrons. The number of aryl methyl sites for hydroxylation is 1. The van der Waals surface area contributed by atoms with E-state index in [1.165, 1.54) is 5.52 Å². The fourth-order valence-electron chi connectivity index (χ4n) is 3.88. The molecule has 0 spiro atoms. The van der Waals surface area contributed by atoms with E-state index in [0.717, 1.165) is 60.9 Å². The molecule has 3 aromatic rings. The van der Waals surface area contributed by atoms with E-state index in [1.54, 1.807) is 0 Å².